The summed E-state index contributed by atoms with van der Waals surface area (Å²) in [5.74, 6) is 0.784. The Hall–Kier alpha value is -2.64. The molecule has 174 valence electrons. The second-order valence-electron chi connectivity index (χ2n) is 8.17. The lowest BCUT2D eigenvalue weighted by molar-refractivity contribution is -0.142. The first-order chi connectivity index (χ1) is 15.4. The summed E-state index contributed by atoms with van der Waals surface area (Å²) < 4.78 is 36.3. The Morgan fingerprint density at radius 3 is 2.53 bits per heavy atom. The van der Waals surface area contributed by atoms with Crippen LogP contribution in [0.3, 0.4) is 0 Å². The third-order valence-corrected chi connectivity index (χ3v) is 6.28. The van der Waals surface area contributed by atoms with Crippen LogP contribution in [0, 0.1) is 11.7 Å². The number of rotatable bonds is 9. The van der Waals surface area contributed by atoms with Crippen molar-refractivity contribution in [1.82, 2.24) is 0 Å². The molecule has 0 radical (unpaired) electrons. The number of ether oxygens (including phenoxy) is 4. The van der Waals surface area contributed by atoms with Crippen molar-refractivity contribution in [2.45, 2.75) is 43.8 Å². The highest BCUT2D eigenvalue weighted by atomic mass is 19.1. The maximum Gasteiger partial charge on any atom is 0.308 e. The van der Waals surface area contributed by atoms with Crippen LogP contribution >= 0.6 is 0 Å². The highest BCUT2D eigenvalue weighted by Gasteiger charge is 2.39. The number of carbonyl (C=O) groups excluding carboxylic acids is 1. The molecule has 1 atom stereocenters. The topological polar surface area (TPSA) is 74.2 Å². The second-order valence-corrected chi connectivity index (χ2v) is 8.17. The molecule has 0 aliphatic heterocycles. The smallest absolute Gasteiger partial charge is 0.308 e. The molecular weight excluding hydrogens is 415 g/mol. The normalized spacial score (nSPS) is 21.6. The molecule has 32 heavy (non-hydrogen) atoms. The summed E-state index contributed by atoms with van der Waals surface area (Å²) in [7, 11) is 4.48. The predicted octanol–water partition coefficient (Wildman–Crippen LogP) is 4.54. The van der Waals surface area contributed by atoms with Crippen LogP contribution < -0.4 is 9.47 Å². The van der Waals surface area contributed by atoms with Crippen molar-refractivity contribution in [3.8, 4) is 11.5 Å². The maximum atomic E-state index is 14.6. The van der Waals surface area contributed by atoms with Crippen LogP contribution in [0.15, 0.2) is 42.5 Å². The van der Waals surface area contributed by atoms with Crippen molar-refractivity contribution in [2.24, 2.45) is 5.92 Å². The number of esters is 1. The van der Waals surface area contributed by atoms with E-state index in [0.29, 0.717) is 48.0 Å². The van der Waals surface area contributed by atoms with Crippen molar-refractivity contribution in [1.29, 1.82) is 0 Å². The van der Waals surface area contributed by atoms with Crippen LogP contribution in [-0.2, 0) is 19.9 Å². The van der Waals surface area contributed by atoms with Gasteiger partial charge in [0.05, 0.1) is 39.0 Å². The van der Waals surface area contributed by atoms with Crippen LogP contribution in [0.5, 0.6) is 11.5 Å². The summed E-state index contributed by atoms with van der Waals surface area (Å²) in [5, 5.41) is 10.2. The van der Waals surface area contributed by atoms with Crippen molar-refractivity contribution >= 4 is 5.97 Å². The fraction of sp³-hybridized carbons (Fsp3) is 0.480. The molecule has 0 aromatic heterocycles. The summed E-state index contributed by atoms with van der Waals surface area (Å²) in [4.78, 5) is 11.4. The highest BCUT2D eigenvalue weighted by Crippen LogP contribution is 2.44. The summed E-state index contributed by atoms with van der Waals surface area (Å²) in [6.07, 6.45) is 1.96. The summed E-state index contributed by atoms with van der Waals surface area (Å²) in [5.41, 5.74) is 0.460. The number of aliphatic hydroxyl groups is 1. The van der Waals surface area contributed by atoms with Crippen LogP contribution in [0.1, 0.15) is 49.3 Å². The first-order valence-corrected chi connectivity index (χ1v) is 10.8. The van der Waals surface area contributed by atoms with E-state index in [-0.39, 0.29) is 12.2 Å². The standard InChI is InChI=1S/C25H31FO6/c1-29-19-7-8-22(26)21(14-19)25(31-3)11-9-17(10-12-25)16-32-20-6-4-5-18(13-20)23(27)15-24(28)30-2/h4-8,13-14,17,23,27H,9-12,15-16H2,1-3H3/t17?,23-,25?/m1/s1. The zero-order valence-corrected chi connectivity index (χ0v) is 18.8. The van der Waals surface area contributed by atoms with Gasteiger partial charge in [0.25, 0.3) is 0 Å². The SMILES string of the molecule is COC(=O)C[C@@H](O)c1cccc(OCC2CCC(OC)(c3cc(OC)ccc3F)CC2)c1. The predicted molar refractivity (Wildman–Crippen MR) is 117 cm³/mol. The van der Waals surface area contributed by atoms with Gasteiger partial charge in [-0.15, -0.1) is 0 Å². The molecule has 0 amide bonds. The zero-order valence-electron chi connectivity index (χ0n) is 18.8. The minimum absolute atomic E-state index is 0.109. The molecule has 7 heteroatoms. The van der Waals surface area contributed by atoms with Crippen molar-refractivity contribution < 1.29 is 33.2 Å². The number of halogens is 1. The molecule has 6 nitrogen and oxygen atoms in total. The second kappa shape index (κ2) is 10.8. The van der Waals surface area contributed by atoms with Gasteiger partial charge in [-0.1, -0.05) is 12.1 Å². The number of hydrogen-bond donors (Lipinski definition) is 1. The van der Waals surface area contributed by atoms with Gasteiger partial charge >= 0.3 is 5.97 Å². The summed E-state index contributed by atoms with van der Waals surface area (Å²) in [6, 6.07) is 11.8. The molecule has 0 heterocycles. The molecule has 2 aromatic carbocycles. The molecular formula is C25H31FO6. The van der Waals surface area contributed by atoms with E-state index in [2.05, 4.69) is 4.74 Å². The molecule has 0 saturated heterocycles. The Balaban J connectivity index is 1.59. The van der Waals surface area contributed by atoms with Gasteiger partial charge in [-0.3, -0.25) is 4.79 Å². The lowest BCUT2D eigenvalue weighted by atomic mass is 9.75. The van der Waals surface area contributed by atoms with Crippen molar-refractivity contribution in [2.75, 3.05) is 27.9 Å². The van der Waals surface area contributed by atoms with Crippen LogP contribution in [0.25, 0.3) is 0 Å². The number of hydrogen-bond acceptors (Lipinski definition) is 6. The van der Waals surface area contributed by atoms with Crippen LogP contribution in [0.4, 0.5) is 4.39 Å². The largest absolute Gasteiger partial charge is 0.497 e. The fourth-order valence-electron chi connectivity index (χ4n) is 4.26. The minimum atomic E-state index is -0.944. The fourth-order valence-corrected chi connectivity index (χ4v) is 4.26. The quantitative estimate of drug-likeness (QED) is 0.570. The van der Waals surface area contributed by atoms with E-state index >= 15 is 0 Å². The molecule has 2 aromatic rings. The Kier molecular flexibility index (Phi) is 8.10. The average molecular weight is 447 g/mol. The number of aliphatic hydroxyl groups excluding tert-OH is 1. The van der Waals surface area contributed by atoms with E-state index in [1.165, 1.54) is 13.2 Å². The van der Waals surface area contributed by atoms with E-state index in [4.69, 9.17) is 14.2 Å². The minimum Gasteiger partial charge on any atom is -0.497 e. The monoisotopic (exact) mass is 446 g/mol. The lowest BCUT2D eigenvalue weighted by Crippen LogP contribution is -2.36. The van der Waals surface area contributed by atoms with E-state index in [9.17, 15) is 14.3 Å². The molecule has 3 rings (SSSR count). The van der Waals surface area contributed by atoms with Gasteiger partial charge in [0.1, 0.15) is 17.3 Å². The summed E-state index contributed by atoms with van der Waals surface area (Å²) >= 11 is 0. The first-order valence-electron chi connectivity index (χ1n) is 10.8. The Morgan fingerprint density at radius 1 is 1.12 bits per heavy atom. The van der Waals surface area contributed by atoms with Crippen LogP contribution in [0.2, 0.25) is 0 Å². The van der Waals surface area contributed by atoms with Gasteiger partial charge in [0, 0.05) is 12.7 Å². The van der Waals surface area contributed by atoms with Crippen molar-refractivity contribution in [3.63, 3.8) is 0 Å². The van der Waals surface area contributed by atoms with Gasteiger partial charge < -0.3 is 24.1 Å². The highest BCUT2D eigenvalue weighted by molar-refractivity contribution is 5.70. The number of benzene rings is 2. The third kappa shape index (κ3) is 5.58. The van der Waals surface area contributed by atoms with Gasteiger partial charge in [0.2, 0.25) is 0 Å². The van der Waals surface area contributed by atoms with E-state index < -0.39 is 17.7 Å². The molecule has 1 aliphatic carbocycles. The van der Waals surface area contributed by atoms with E-state index in [1.807, 2.05) is 6.07 Å². The molecule has 1 N–H and O–H groups in total. The number of carbonyl (C=O) groups is 1. The molecule has 0 unspecified atom stereocenters. The van der Waals surface area contributed by atoms with E-state index in [1.54, 1.807) is 44.6 Å². The van der Waals surface area contributed by atoms with E-state index in [0.717, 1.165) is 12.8 Å². The molecule has 1 fully saturated rings. The van der Waals surface area contributed by atoms with Crippen LogP contribution in [-0.4, -0.2) is 39.0 Å². The van der Waals surface area contributed by atoms with Gasteiger partial charge in [0.15, 0.2) is 0 Å². The summed E-state index contributed by atoms with van der Waals surface area (Å²) in [6.45, 7) is 0.511. The maximum absolute atomic E-state index is 14.6. The first kappa shape index (κ1) is 24.0. The van der Waals surface area contributed by atoms with Gasteiger partial charge in [-0.05, 0) is 67.5 Å². The average Bonchev–Trinajstić information content (AvgIpc) is 2.83. The molecule has 0 bridgehead atoms. The zero-order chi connectivity index (χ0) is 23.1. The Bertz CT molecular complexity index is 907. The molecule has 1 saturated carbocycles. The molecule has 1 aliphatic rings. The van der Waals surface area contributed by atoms with Gasteiger partial charge in [-0.2, -0.15) is 0 Å². The van der Waals surface area contributed by atoms with Crippen molar-refractivity contribution in [3.05, 3.63) is 59.4 Å². The Morgan fingerprint density at radius 2 is 1.88 bits per heavy atom. The molecule has 0 spiro atoms. The van der Waals surface area contributed by atoms with Gasteiger partial charge in [-0.25, -0.2) is 4.39 Å². The number of methoxy groups -OCH3 is 3. The lowest BCUT2D eigenvalue weighted by Gasteiger charge is -2.39. The third-order valence-electron chi connectivity index (χ3n) is 6.28. The Labute approximate surface area is 188 Å².